The second-order valence-corrected chi connectivity index (χ2v) is 4.62. The molecule has 0 heterocycles. The molecule has 1 nitrogen and oxygen atoms in total. The fraction of sp³-hybridized carbons (Fsp3) is 0.571. The number of hydrogen-bond donors (Lipinski definition) is 1. The van der Waals surface area contributed by atoms with Crippen molar-refractivity contribution in [3.05, 3.63) is 34.9 Å². The van der Waals surface area contributed by atoms with Gasteiger partial charge in [0.25, 0.3) is 0 Å². The Morgan fingerprint density at radius 3 is 2.56 bits per heavy atom. The van der Waals surface area contributed by atoms with E-state index in [-0.39, 0.29) is 0 Å². The van der Waals surface area contributed by atoms with Crippen molar-refractivity contribution in [3.8, 4) is 0 Å². The summed E-state index contributed by atoms with van der Waals surface area (Å²) in [5.41, 5.74) is 1.29. The molecule has 1 unspecified atom stereocenters. The summed E-state index contributed by atoms with van der Waals surface area (Å²) in [6, 6.07) is 8.20. The molecule has 0 aliphatic heterocycles. The Bertz CT molecular complexity index is 299. The molecule has 0 aliphatic carbocycles. The van der Waals surface area contributed by atoms with Gasteiger partial charge in [-0.2, -0.15) is 0 Å². The fourth-order valence-corrected chi connectivity index (χ4v) is 2.27. The Kier molecular flexibility index (Phi) is 6.51. The predicted molar refractivity (Wildman–Crippen MR) is 72.3 cm³/mol. The minimum atomic E-state index is 0.547. The summed E-state index contributed by atoms with van der Waals surface area (Å²) in [5, 5.41) is 4.39. The third-order valence-electron chi connectivity index (χ3n) is 2.80. The van der Waals surface area contributed by atoms with Crippen molar-refractivity contribution < 1.29 is 0 Å². The standard InChI is InChI=1S/C14H22ClN/c1-3-7-12(11-16-10-4-2)13-8-5-6-9-14(13)15/h5-6,8-9,12,16H,3-4,7,10-11H2,1-2H3. The van der Waals surface area contributed by atoms with E-state index in [0.29, 0.717) is 5.92 Å². The highest BCUT2D eigenvalue weighted by Crippen LogP contribution is 2.27. The molecule has 1 aromatic carbocycles. The minimum Gasteiger partial charge on any atom is -0.316 e. The third kappa shape index (κ3) is 4.15. The van der Waals surface area contributed by atoms with Crippen LogP contribution in [-0.4, -0.2) is 13.1 Å². The van der Waals surface area contributed by atoms with Crippen molar-refractivity contribution in [2.45, 2.75) is 39.0 Å². The van der Waals surface area contributed by atoms with E-state index >= 15 is 0 Å². The topological polar surface area (TPSA) is 12.0 Å². The summed E-state index contributed by atoms with van der Waals surface area (Å²) < 4.78 is 0. The van der Waals surface area contributed by atoms with Crippen LogP contribution in [0.25, 0.3) is 0 Å². The largest absolute Gasteiger partial charge is 0.316 e. The number of rotatable bonds is 7. The predicted octanol–water partition coefficient (Wildman–Crippen LogP) is 4.22. The van der Waals surface area contributed by atoms with Crippen LogP contribution in [0.5, 0.6) is 0 Å². The molecule has 0 amide bonds. The lowest BCUT2D eigenvalue weighted by molar-refractivity contribution is 0.543. The summed E-state index contributed by atoms with van der Waals surface area (Å²) in [7, 11) is 0. The lowest BCUT2D eigenvalue weighted by Gasteiger charge is -2.18. The molecule has 0 saturated heterocycles. The van der Waals surface area contributed by atoms with Crippen LogP contribution in [-0.2, 0) is 0 Å². The average molecular weight is 240 g/mol. The Morgan fingerprint density at radius 1 is 1.19 bits per heavy atom. The first kappa shape index (κ1) is 13.5. The Balaban J connectivity index is 2.65. The van der Waals surface area contributed by atoms with Crippen LogP contribution in [0.4, 0.5) is 0 Å². The maximum Gasteiger partial charge on any atom is 0.0441 e. The average Bonchev–Trinajstić information content (AvgIpc) is 2.29. The van der Waals surface area contributed by atoms with E-state index in [2.05, 4.69) is 31.3 Å². The summed E-state index contributed by atoms with van der Waals surface area (Å²) in [6.07, 6.45) is 3.57. The van der Waals surface area contributed by atoms with Gasteiger partial charge < -0.3 is 5.32 Å². The molecule has 90 valence electrons. The van der Waals surface area contributed by atoms with Crippen LogP contribution in [0.15, 0.2) is 24.3 Å². The lowest BCUT2D eigenvalue weighted by Crippen LogP contribution is -2.22. The van der Waals surface area contributed by atoms with Crippen LogP contribution in [0.1, 0.15) is 44.6 Å². The highest BCUT2D eigenvalue weighted by atomic mass is 35.5. The molecule has 2 heteroatoms. The molecular weight excluding hydrogens is 218 g/mol. The van der Waals surface area contributed by atoms with E-state index in [1.165, 1.54) is 24.8 Å². The molecule has 0 bridgehead atoms. The first-order valence-electron chi connectivity index (χ1n) is 6.24. The SMILES string of the molecule is CCCNCC(CCC)c1ccccc1Cl. The molecule has 0 aromatic heterocycles. The second-order valence-electron chi connectivity index (χ2n) is 4.21. The molecule has 0 aliphatic rings. The highest BCUT2D eigenvalue weighted by molar-refractivity contribution is 6.31. The van der Waals surface area contributed by atoms with Crippen LogP contribution in [0, 0.1) is 0 Å². The second kappa shape index (κ2) is 7.70. The summed E-state index contributed by atoms with van der Waals surface area (Å²) in [5.74, 6) is 0.547. The van der Waals surface area contributed by atoms with Crippen LogP contribution >= 0.6 is 11.6 Å². The van der Waals surface area contributed by atoms with Gasteiger partial charge in [-0.05, 0) is 36.9 Å². The Hall–Kier alpha value is -0.530. The van der Waals surface area contributed by atoms with Gasteiger partial charge in [-0.15, -0.1) is 0 Å². The summed E-state index contributed by atoms with van der Waals surface area (Å²) in [6.45, 7) is 6.54. The maximum absolute atomic E-state index is 6.24. The van der Waals surface area contributed by atoms with E-state index in [1.54, 1.807) is 0 Å². The van der Waals surface area contributed by atoms with Gasteiger partial charge in [0.1, 0.15) is 0 Å². The number of halogens is 1. The molecule has 1 rings (SSSR count). The molecule has 1 aromatic rings. The zero-order chi connectivity index (χ0) is 11.8. The molecular formula is C14H22ClN. The Morgan fingerprint density at radius 2 is 1.94 bits per heavy atom. The number of hydrogen-bond acceptors (Lipinski definition) is 1. The van der Waals surface area contributed by atoms with Gasteiger partial charge in [-0.3, -0.25) is 0 Å². The molecule has 0 spiro atoms. The summed E-state index contributed by atoms with van der Waals surface area (Å²) >= 11 is 6.24. The van der Waals surface area contributed by atoms with Gasteiger partial charge in [-0.25, -0.2) is 0 Å². The molecule has 0 radical (unpaired) electrons. The van der Waals surface area contributed by atoms with Crippen LogP contribution < -0.4 is 5.32 Å². The van der Waals surface area contributed by atoms with E-state index < -0.39 is 0 Å². The smallest absolute Gasteiger partial charge is 0.0441 e. The van der Waals surface area contributed by atoms with Crippen molar-refractivity contribution in [2.75, 3.05) is 13.1 Å². The van der Waals surface area contributed by atoms with E-state index in [9.17, 15) is 0 Å². The van der Waals surface area contributed by atoms with Crippen molar-refractivity contribution in [2.24, 2.45) is 0 Å². The van der Waals surface area contributed by atoms with E-state index in [0.717, 1.165) is 18.1 Å². The van der Waals surface area contributed by atoms with Crippen LogP contribution in [0.3, 0.4) is 0 Å². The van der Waals surface area contributed by atoms with Gasteiger partial charge in [-0.1, -0.05) is 50.1 Å². The van der Waals surface area contributed by atoms with Gasteiger partial charge in [0.2, 0.25) is 0 Å². The Labute approximate surface area is 104 Å². The maximum atomic E-state index is 6.24. The summed E-state index contributed by atoms with van der Waals surface area (Å²) in [4.78, 5) is 0. The van der Waals surface area contributed by atoms with E-state index in [4.69, 9.17) is 11.6 Å². The monoisotopic (exact) mass is 239 g/mol. The number of nitrogens with one attached hydrogen (secondary N) is 1. The quantitative estimate of drug-likeness (QED) is 0.703. The molecule has 1 N–H and O–H groups in total. The lowest BCUT2D eigenvalue weighted by atomic mass is 9.94. The fourth-order valence-electron chi connectivity index (χ4n) is 1.98. The zero-order valence-electron chi connectivity index (χ0n) is 10.3. The first-order chi connectivity index (χ1) is 7.79. The van der Waals surface area contributed by atoms with Crippen molar-refractivity contribution >= 4 is 11.6 Å². The van der Waals surface area contributed by atoms with Crippen molar-refractivity contribution in [1.29, 1.82) is 0 Å². The minimum absolute atomic E-state index is 0.547. The van der Waals surface area contributed by atoms with E-state index in [1.807, 2.05) is 12.1 Å². The van der Waals surface area contributed by atoms with Gasteiger partial charge >= 0.3 is 0 Å². The van der Waals surface area contributed by atoms with Crippen molar-refractivity contribution in [1.82, 2.24) is 5.32 Å². The third-order valence-corrected chi connectivity index (χ3v) is 3.14. The zero-order valence-corrected chi connectivity index (χ0v) is 11.1. The van der Waals surface area contributed by atoms with Crippen LogP contribution in [0.2, 0.25) is 5.02 Å². The highest BCUT2D eigenvalue weighted by Gasteiger charge is 2.12. The van der Waals surface area contributed by atoms with Gasteiger partial charge in [0.15, 0.2) is 0 Å². The first-order valence-corrected chi connectivity index (χ1v) is 6.62. The molecule has 1 atom stereocenters. The molecule has 0 saturated carbocycles. The van der Waals surface area contributed by atoms with Gasteiger partial charge in [0.05, 0.1) is 0 Å². The van der Waals surface area contributed by atoms with Crippen molar-refractivity contribution in [3.63, 3.8) is 0 Å². The van der Waals surface area contributed by atoms with Gasteiger partial charge in [0, 0.05) is 11.6 Å². The molecule has 16 heavy (non-hydrogen) atoms. The number of benzene rings is 1. The molecule has 0 fully saturated rings. The normalized spacial score (nSPS) is 12.7.